The standard InChI is InChI=1S/C26H34N4O2S/c1-20-12-14-22(15-13-20)33(31,32)30-24-11-7-6-10-23(24)25(29-18-16-28(2)17-19-29)26(30)27-21-8-4-3-5-9-21/h6-7,10-15,21,27H,3-5,8-9,16-19H2,1-2H3. The third-order valence-electron chi connectivity index (χ3n) is 7.13. The van der Waals surface area contributed by atoms with Gasteiger partial charge in [-0.05, 0) is 45.0 Å². The van der Waals surface area contributed by atoms with Crippen LogP contribution in [-0.2, 0) is 10.0 Å². The molecule has 0 atom stereocenters. The molecular formula is C26H34N4O2S. The SMILES string of the molecule is Cc1ccc(S(=O)(=O)n2c(NC3CCCCC3)c(N3CCN(C)CC3)c3ccccc32)cc1. The largest absolute Gasteiger partial charge is 0.366 e. The van der Waals surface area contributed by atoms with E-state index < -0.39 is 10.0 Å². The number of aromatic nitrogens is 1. The average molecular weight is 467 g/mol. The van der Waals surface area contributed by atoms with Gasteiger partial charge < -0.3 is 15.1 Å². The van der Waals surface area contributed by atoms with Crippen LogP contribution in [-0.4, -0.2) is 56.6 Å². The van der Waals surface area contributed by atoms with Crippen molar-refractivity contribution in [1.82, 2.24) is 8.87 Å². The lowest BCUT2D eigenvalue weighted by Crippen LogP contribution is -2.44. The third-order valence-corrected chi connectivity index (χ3v) is 8.86. The fraction of sp³-hybridized carbons (Fsp3) is 0.462. The molecule has 0 amide bonds. The van der Waals surface area contributed by atoms with Crippen molar-refractivity contribution in [3.8, 4) is 0 Å². The monoisotopic (exact) mass is 466 g/mol. The lowest BCUT2D eigenvalue weighted by molar-refractivity contribution is 0.313. The van der Waals surface area contributed by atoms with Crippen LogP contribution < -0.4 is 10.2 Å². The van der Waals surface area contributed by atoms with Gasteiger partial charge in [0.05, 0.1) is 16.1 Å². The maximum Gasteiger partial charge on any atom is 0.269 e. The molecule has 0 unspecified atom stereocenters. The van der Waals surface area contributed by atoms with E-state index in [4.69, 9.17) is 0 Å². The summed E-state index contributed by atoms with van der Waals surface area (Å²) in [6.45, 7) is 5.67. The number of piperazine rings is 1. The zero-order valence-electron chi connectivity index (χ0n) is 19.6. The third kappa shape index (κ3) is 4.24. The van der Waals surface area contributed by atoms with E-state index in [0.29, 0.717) is 10.9 Å². The lowest BCUT2D eigenvalue weighted by Gasteiger charge is -2.35. The van der Waals surface area contributed by atoms with Gasteiger partial charge in [-0.3, -0.25) is 0 Å². The van der Waals surface area contributed by atoms with Crippen LogP contribution in [0.25, 0.3) is 10.9 Å². The zero-order chi connectivity index (χ0) is 23.0. The Morgan fingerprint density at radius 2 is 1.55 bits per heavy atom. The minimum Gasteiger partial charge on any atom is -0.366 e. The number of para-hydroxylation sites is 1. The first-order valence-electron chi connectivity index (χ1n) is 12.1. The number of nitrogens with zero attached hydrogens (tertiary/aromatic N) is 3. The zero-order valence-corrected chi connectivity index (χ0v) is 20.4. The first-order chi connectivity index (χ1) is 15.9. The molecule has 2 aromatic carbocycles. The van der Waals surface area contributed by atoms with Crippen LogP contribution >= 0.6 is 0 Å². The number of rotatable bonds is 5. The quantitative estimate of drug-likeness (QED) is 0.592. The number of nitrogens with one attached hydrogen (secondary N) is 1. The lowest BCUT2D eigenvalue weighted by atomic mass is 9.95. The van der Waals surface area contributed by atoms with Gasteiger partial charge in [0, 0.05) is 37.6 Å². The maximum atomic E-state index is 14.1. The molecule has 2 aliphatic rings. The molecule has 5 rings (SSSR count). The summed E-state index contributed by atoms with van der Waals surface area (Å²) in [5.41, 5.74) is 2.82. The minimum atomic E-state index is -3.78. The first-order valence-corrected chi connectivity index (χ1v) is 13.5. The van der Waals surface area contributed by atoms with Crippen LogP contribution in [0.4, 0.5) is 11.5 Å². The summed E-state index contributed by atoms with van der Waals surface area (Å²) in [6, 6.07) is 15.4. The van der Waals surface area contributed by atoms with Gasteiger partial charge in [0.1, 0.15) is 5.82 Å². The Labute approximate surface area is 197 Å². The summed E-state index contributed by atoms with van der Waals surface area (Å²) < 4.78 is 29.7. The van der Waals surface area contributed by atoms with Gasteiger partial charge in [0.15, 0.2) is 0 Å². The summed E-state index contributed by atoms with van der Waals surface area (Å²) in [6.07, 6.45) is 5.79. The van der Waals surface area contributed by atoms with E-state index in [1.54, 1.807) is 16.1 Å². The molecule has 2 fully saturated rings. The summed E-state index contributed by atoms with van der Waals surface area (Å²) in [5, 5.41) is 4.73. The predicted octanol–water partition coefficient (Wildman–Crippen LogP) is 4.68. The van der Waals surface area contributed by atoms with Gasteiger partial charge in [0.2, 0.25) is 0 Å². The number of fused-ring (bicyclic) bond motifs is 1. The van der Waals surface area contributed by atoms with E-state index in [-0.39, 0.29) is 0 Å². The Hall–Kier alpha value is -2.51. The Bertz CT molecular complexity index is 1220. The van der Waals surface area contributed by atoms with Crippen molar-refractivity contribution < 1.29 is 8.42 Å². The number of hydrogen-bond donors (Lipinski definition) is 1. The summed E-state index contributed by atoms with van der Waals surface area (Å²) in [7, 11) is -1.63. The normalized spacial score (nSPS) is 18.7. The molecule has 1 N–H and O–H groups in total. The van der Waals surface area contributed by atoms with E-state index >= 15 is 0 Å². The minimum absolute atomic E-state index is 0.293. The van der Waals surface area contributed by atoms with E-state index in [9.17, 15) is 8.42 Å². The molecule has 0 bridgehead atoms. The number of benzene rings is 2. The molecule has 7 heteroatoms. The molecule has 1 aromatic heterocycles. The highest BCUT2D eigenvalue weighted by atomic mass is 32.2. The molecule has 2 heterocycles. The van der Waals surface area contributed by atoms with Gasteiger partial charge in [-0.15, -0.1) is 0 Å². The topological polar surface area (TPSA) is 57.6 Å². The van der Waals surface area contributed by atoms with Gasteiger partial charge in [-0.1, -0.05) is 55.2 Å². The summed E-state index contributed by atoms with van der Waals surface area (Å²) >= 11 is 0. The molecule has 1 saturated heterocycles. The highest BCUT2D eigenvalue weighted by molar-refractivity contribution is 7.90. The molecule has 0 spiro atoms. The second-order valence-electron chi connectivity index (χ2n) is 9.57. The number of aryl methyl sites for hydroxylation is 1. The Morgan fingerprint density at radius 1 is 0.879 bits per heavy atom. The maximum absolute atomic E-state index is 14.1. The van der Waals surface area contributed by atoms with Crippen LogP contribution in [0.3, 0.4) is 0 Å². The highest BCUT2D eigenvalue weighted by Crippen LogP contribution is 2.42. The van der Waals surface area contributed by atoms with Gasteiger partial charge in [-0.2, -0.15) is 0 Å². The smallest absolute Gasteiger partial charge is 0.269 e. The molecule has 6 nitrogen and oxygen atoms in total. The number of likely N-dealkylation sites (N-methyl/N-ethyl adjacent to an activating group) is 1. The van der Waals surface area contributed by atoms with E-state index in [2.05, 4.69) is 28.2 Å². The second kappa shape index (κ2) is 9.03. The predicted molar refractivity (Wildman–Crippen MR) is 136 cm³/mol. The van der Waals surface area contributed by atoms with Crippen LogP contribution in [0.5, 0.6) is 0 Å². The van der Waals surface area contributed by atoms with Crippen molar-refractivity contribution >= 4 is 32.4 Å². The van der Waals surface area contributed by atoms with E-state index in [1.807, 2.05) is 37.3 Å². The van der Waals surface area contributed by atoms with Crippen LogP contribution in [0, 0.1) is 6.92 Å². The van der Waals surface area contributed by atoms with Crippen molar-refractivity contribution in [2.24, 2.45) is 0 Å². The van der Waals surface area contributed by atoms with Crippen molar-refractivity contribution in [2.45, 2.75) is 50.0 Å². The van der Waals surface area contributed by atoms with Gasteiger partial charge in [-0.25, -0.2) is 12.4 Å². The van der Waals surface area contributed by atoms with Crippen LogP contribution in [0.1, 0.15) is 37.7 Å². The first kappa shape index (κ1) is 22.3. The van der Waals surface area contributed by atoms with E-state index in [1.165, 1.54) is 19.3 Å². The number of hydrogen-bond acceptors (Lipinski definition) is 5. The van der Waals surface area contributed by atoms with Crippen LogP contribution in [0.2, 0.25) is 0 Å². The number of anilines is 2. The second-order valence-corrected chi connectivity index (χ2v) is 11.4. The molecule has 1 aliphatic carbocycles. The average Bonchev–Trinajstić information content (AvgIpc) is 3.15. The Morgan fingerprint density at radius 3 is 2.24 bits per heavy atom. The molecule has 1 aliphatic heterocycles. The van der Waals surface area contributed by atoms with Crippen molar-refractivity contribution in [3.63, 3.8) is 0 Å². The van der Waals surface area contributed by atoms with E-state index in [0.717, 1.165) is 67.0 Å². The van der Waals surface area contributed by atoms with Gasteiger partial charge in [0.25, 0.3) is 10.0 Å². The van der Waals surface area contributed by atoms with Crippen molar-refractivity contribution in [3.05, 3.63) is 54.1 Å². The Kier molecular flexibility index (Phi) is 6.10. The molecule has 33 heavy (non-hydrogen) atoms. The Balaban J connectivity index is 1.71. The summed E-state index contributed by atoms with van der Waals surface area (Å²) in [4.78, 5) is 5.02. The fourth-order valence-electron chi connectivity index (χ4n) is 5.18. The van der Waals surface area contributed by atoms with Crippen molar-refractivity contribution in [2.75, 3.05) is 43.4 Å². The highest BCUT2D eigenvalue weighted by Gasteiger charge is 2.31. The molecule has 1 saturated carbocycles. The molecule has 176 valence electrons. The fourth-order valence-corrected chi connectivity index (χ4v) is 6.67. The molecular weight excluding hydrogens is 432 g/mol. The summed E-state index contributed by atoms with van der Waals surface area (Å²) in [5.74, 6) is 0.730. The van der Waals surface area contributed by atoms with Gasteiger partial charge >= 0.3 is 0 Å². The van der Waals surface area contributed by atoms with Crippen LogP contribution in [0.15, 0.2) is 53.4 Å². The molecule has 0 radical (unpaired) electrons. The van der Waals surface area contributed by atoms with Crippen molar-refractivity contribution in [1.29, 1.82) is 0 Å². The molecule has 3 aromatic rings.